The lowest BCUT2D eigenvalue weighted by Gasteiger charge is -2.27. The summed E-state index contributed by atoms with van der Waals surface area (Å²) >= 11 is 0. The topological polar surface area (TPSA) is 96.5 Å². The lowest BCUT2D eigenvalue weighted by molar-refractivity contribution is 0.0599. The summed E-state index contributed by atoms with van der Waals surface area (Å²) in [6, 6.07) is -0.384. The molecule has 1 aliphatic heterocycles. The van der Waals surface area contributed by atoms with Crippen LogP contribution in [0.15, 0.2) is 12.7 Å². The Labute approximate surface area is 141 Å². The molecule has 1 aliphatic rings. The molecular formula is C16H22N2O5S. The van der Waals surface area contributed by atoms with Crippen LogP contribution in [0.1, 0.15) is 38.5 Å². The Kier molecular flexibility index (Phi) is 5.17. The Balaban J connectivity index is 2.38. The number of ether oxygens (including phenoxy) is 1. The molecule has 1 unspecified atom stereocenters. The standard InChI is InChI=1S/C16H22N2O5S/c1-5-7-18(12-6-8-24(21,22)9-12)15(19)14-10(2)13(11(3)17-14)16(20)23-4/h5,12,17H,1,6-9H2,2-4H3. The van der Waals surface area contributed by atoms with Crippen LogP contribution in [0.4, 0.5) is 0 Å². The van der Waals surface area contributed by atoms with Crippen LogP contribution in [-0.2, 0) is 14.6 Å². The number of hydrogen-bond acceptors (Lipinski definition) is 5. The molecule has 1 fully saturated rings. The van der Waals surface area contributed by atoms with E-state index in [1.165, 1.54) is 12.0 Å². The lowest BCUT2D eigenvalue weighted by Crippen LogP contribution is -2.41. The van der Waals surface area contributed by atoms with E-state index in [-0.39, 0.29) is 35.7 Å². The number of aromatic nitrogens is 1. The summed E-state index contributed by atoms with van der Waals surface area (Å²) in [6.07, 6.45) is 1.97. The summed E-state index contributed by atoms with van der Waals surface area (Å²) < 4.78 is 28.2. The number of carbonyl (C=O) groups excluding carboxylic acids is 2. The maximum absolute atomic E-state index is 12.9. The first-order valence-corrected chi connectivity index (χ1v) is 9.43. The van der Waals surface area contributed by atoms with Gasteiger partial charge >= 0.3 is 5.97 Å². The van der Waals surface area contributed by atoms with Gasteiger partial charge in [0.1, 0.15) is 5.69 Å². The number of rotatable bonds is 5. The number of nitrogens with zero attached hydrogens (tertiary/aromatic N) is 1. The average molecular weight is 354 g/mol. The Morgan fingerprint density at radius 1 is 1.42 bits per heavy atom. The van der Waals surface area contributed by atoms with Gasteiger partial charge in [0.25, 0.3) is 5.91 Å². The molecule has 1 atom stereocenters. The van der Waals surface area contributed by atoms with Crippen molar-refractivity contribution in [2.45, 2.75) is 26.3 Å². The van der Waals surface area contributed by atoms with Crippen LogP contribution >= 0.6 is 0 Å². The summed E-state index contributed by atoms with van der Waals surface area (Å²) in [4.78, 5) is 29.2. The van der Waals surface area contributed by atoms with Gasteiger partial charge in [-0.25, -0.2) is 13.2 Å². The van der Waals surface area contributed by atoms with Gasteiger partial charge in [0, 0.05) is 18.3 Å². The van der Waals surface area contributed by atoms with Crippen molar-refractivity contribution in [1.29, 1.82) is 0 Å². The van der Waals surface area contributed by atoms with Crippen LogP contribution in [0.2, 0.25) is 0 Å². The van der Waals surface area contributed by atoms with Gasteiger partial charge in [0.2, 0.25) is 0 Å². The molecule has 0 saturated carbocycles. The molecule has 1 amide bonds. The van der Waals surface area contributed by atoms with Gasteiger partial charge in [-0.05, 0) is 25.8 Å². The zero-order valence-corrected chi connectivity index (χ0v) is 14.9. The van der Waals surface area contributed by atoms with Crippen molar-refractivity contribution >= 4 is 21.7 Å². The zero-order valence-electron chi connectivity index (χ0n) is 14.1. The van der Waals surface area contributed by atoms with Crippen LogP contribution in [0.25, 0.3) is 0 Å². The molecule has 2 heterocycles. The normalized spacial score (nSPS) is 19.0. The van der Waals surface area contributed by atoms with Crippen molar-refractivity contribution in [3.63, 3.8) is 0 Å². The lowest BCUT2D eigenvalue weighted by atomic mass is 10.1. The third-order valence-corrected chi connectivity index (χ3v) is 6.03. The monoisotopic (exact) mass is 354 g/mol. The molecule has 0 aliphatic carbocycles. The number of amides is 1. The number of hydrogen-bond donors (Lipinski definition) is 1. The van der Waals surface area contributed by atoms with Gasteiger partial charge in [0.05, 0.1) is 24.2 Å². The van der Waals surface area contributed by atoms with E-state index in [2.05, 4.69) is 11.6 Å². The highest BCUT2D eigenvalue weighted by atomic mass is 32.2. The molecule has 0 spiro atoms. The second kappa shape index (κ2) is 6.80. The largest absolute Gasteiger partial charge is 0.465 e. The highest BCUT2D eigenvalue weighted by molar-refractivity contribution is 7.91. The van der Waals surface area contributed by atoms with Crippen molar-refractivity contribution in [1.82, 2.24) is 9.88 Å². The first-order chi connectivity index (χ1) is 11.2. The molecule has 7 nitrogen and oxygen atoms in total. The fourth-order valence-electron chi connectivity index (χ4n) is 3.07. The molecule has 2 rings (SSSR count). The summed E-state index contributed by atoms with van der Waals surface area (Å²) in [5, 5.41) is 0. The first kappa shape index (κ1) is 18.3. The Morgan fingerprint density at radius 3 is 2.58 bits per heavy atom. The summed E-state index contributed by atoms with van der Waals surface area (Å²) in [5.74, 6) is -0.823. The van der Waals surface area contributed by atoms with Crippen molar-refractivity contribution in [3.8, 4) is 0 Å². The van der Waals surface area contributed by atoms with E-state index < -0.39 is 15.8 Å². The van der Waals surface area contributed by atoms with Crippen LogP contribution in [0.5, 0.6) is 0 Å². The molecule has 8 heteroatoms. The summed E-state index contributed by atoms with van der Waals surface area (Å²) in [5.41, 5.74) is 1.65. The Morgan fingerprint density at radius 2 is 2.08 bits per heavy atom. The van der Waals surface area contributed by atoms with E-state index in [1.807, 2.05) is 0 Å². The molecule has 0 aromatic carbocycles. The third-order valence-electron chi connectivity index (χ3n) is 4.28. The molecular weight excluding hydrogens is 332 g/mol. The molecule has 0 radical (unpaired) electrons. The van der Waals surface area contributed by atoms with Gasteiger partial charge in [-0.2, -0.15) is 0 Å². The van der Waals surface area contributed by atoms with E-state index in [0.29, 0.717) is 23.2 Å². The van der Waals surface area contributed by atoms with Gasteiger partial charge in [-0.15, -0.1) is 6.58 Å². The van der Waals surface area contributed by atoms with Gasteiger partial charge < -0.3 is 14.6 Å². The number of esters is 1. The van der Waals surface area contributed by atoms with Crippen LogP contribution < -0.4 is 0 Å². The highest BCUT2D eigenvalue weighted by Gasteiger charge is 2.36. The van der Waals surface area contributed by atoms with Crippen molar-refractivity contribution in [2.75, 3.05) is 25.2 Å². The Hall–Kier alpha value is -2.09. The molecule has 1 aromatic rings. The molecule has 24 heavy (non-hydrogen) atoms. The molecule has 1 N–H and O–H groups in total. The first-order valence-electron chi connectivity index (χ1n) is 7.61. The third kappa shape index (κ3) is 3.38. The Bertz CT molecular complexity index is 779. The molecule has 0 bridgehead atoms. The predicted octanol–water partition coefficient (Wildman–Crippen LogP) is 1.23. The van der Waals surface area contributed by atoms with Gasteiger partial charge in [-0.1, -0.05) is 6.08 Å². The number of nitrogens with one attached hydrogen (secondary N) is 1. The minimum Gasteiger partial charge on any atom is -0.465 e. The van der Waals surface area contributed by atoms with Crippen molar-refractivity contribution in [2.24, 2.45) is 0 Å². The van der Waals surface area contributed by atoms with Crippen LogP contribution in [0, 0.1) is 13.8 Å². The SMILES string of the molecule is C=CCN(C(=O)c1[nH]c(C)c(C(=O)OC)c1C)C1CCS(=O)(=O)C1. The van der Waals surface area contributed by atoms with Gasteiger partial charge in [-0.3, -0.25) is 4.79 Å². The van der Waals surface area contributed by atoms with E-state index in [0.717, 1.165) is 0 Å². The zero-order chi connectivity index (χ0) is 18.1. The summed E-state index contributed by atoms with van der Waals surface area (Å²) in [6.45, 7) is 7.24. The number of sulfone groups is 1. The summed E-state index contributed by atoms with van der Waals surface area (Å²) in [7, 11) is -1.84. The number of methoxy groups -OCH3 is 1. The van der Waals surface area contributed by atoms with Crippen LogP contribution in [-0.4, -0.2) is 61.4 Å². The number of aromatic amines is 1. The minimum absolute atomic E-state index is 0.0465. The number of carbonyl (C=O) groups is 2. The minimum atomic E-state index is -3.12. The fraction of sp³-hybridized carbons (Fsp3) is 0.500. The predicted molar refractivity (Wildman–Crippen MR) is 89.9 cm³/mol. The highest BCUT2D eigenvalue weighted by Crippen LogP contribution is 2.24. The maximum atomic E-state index is 12.9. The quantitative estimate of drug-likeness (QED) is 0.634. The van der Waals surface area contributed by atoms with E-state index in [9.17, 15) is 18.0 Å². The fourth-order valence-corrected chi connectivity index (χ4v) is 4.80. The van der Waals surface area contributed by atoms with Crippen molar-refractivity contribution < 1.29 is 22.7 Å². The second-order valence-corrected chi connectivity index (χ2v) is 8.15. The number of H-pyrrole nitrogens is 1. The van der Waals surface area contributed by atoms with E-state index >= 15 is 0 Å². The number of aryl methyl sites for hydroxylation is 1. The van der Waals surface area contributed by atoms with Crippen molar-refractivity contribution in [3.05, 3.63) is 35.2 Å². The maximum Gasteiger partial charge on any atom is 0.339 e. The molecule has 132 valence electrons. The van der Waals surface area contributed by atoms with E-state index in [4.69, 9.17) is 4.74 Å². The molecule has 1 aromatic heterocycles. The van der Waals surface area contributed by atoms with E-state index in [1.54, 1.807) is 19.9 Å². The van der Waals surface area contributed by atoms with Gasteiger partial charge in [0.15, 0.2) is 9.84 Å². The average Bonchev–Trinajstić information content (AvgIpc) is 3.02. The smallest absolute Gasteiger partial charge is 0.339 e. The molecule has 1 saturated heterocycles. The van der Waals surface area contributed by atoms with Crippen LogP contribution in [0.3, 0.4) is 0 Å². The second-order valence-electron chi connectivity index (χ2n) is 5.92.